The second kappa shape index (κ2) is 7.50. The van der Waals surface area contributed by atoms with Crippen molar-refractivity contribution < 1.29 is 19.4 Å². The SMILES string of the molecule is CCOc1ccc(C[C@@H](Oc2ccccc2C)C(=O)O)cc1. The molecule has 0 aliphatic rings. The maximum Gasteiger partial charge on any atom is 0.345 e. The topological polar surface area (TPSA) is 55.8 Å². The quantitative estimate of drug-likeness (QED) is 0.850. The fraction of sp³-hybridized carbons (Fsp3) is 0.278. The number of para-hydroxylation sites is 1. The van der Waals surface area contributed by atoms with Crippen molar-refractivity contribution in [1.82, 2.24) is 0 Å². The second-order valence-corrected chi connectivity index (χ2v) is 4.99. The van der Waals surface area contributed by atoms with Gasteiger partial charge in [-0.1, -0.05) is 30.3 Å². The fourth-order valence-electron chi connectivity index (χ4n) is 2.12. The molecular weight excluding hydrogens is 280 g/mol. The number of carbonyl (C=O) groups is 1. The minimum absolute atomic E-state index is 0.302. The first kappa shape index (κ1) is 15.9. The van der Waals surface area contributed by atoms with Crippen LogP contribution >= 0.6 is 0 Å². The van der Waals surface area contributed by atoms with Gasteiger partial charge in [-0.3, -0.25) is 0 Å². The lowest BCUT2D eigenvalue weighted by Gasteiger charge is -2.17. The third-order valence-corrected chi connectivity index (χ3v) is 3.29. The molecule has 0 fully saturated rings. The normalized spacial score (nSPS) is 11.7. The Bertz CT molecular complexity index is 619. The third kappa shape index (κ3) is 4.25. The molecule has 1 N–H and O–H groups in total. The average Bonchev–Trinajstić information content (AvgIpc) is 2.50. The molecule has 2 aromatic carbocycles. The predicted molar refractivity (Wildman–Crippen MR) is 84.5 cm³/mol. The maximum absolute atomic E-state index is 11.4. The molecule has 116 valence electrons. The van der Waals surface area contributed by atoms with Crippen LogP contribution in [0, 0.1) is 6.92 Å². The number of carboxylic acids is 1. The lowest BCUT2D eigenvalue weighted by molar-refractivity contribution is -0.145. The van der Waals surface area contributed by atoms with Crippen LogP contribution in [0.2, 0.25) is 0 Å². The minimum atomic E-state index is -0.975. The number of hydrogen-bond donors (Lipinski definition) is 1. The highest BCUT2D eigenvalue weighted by molar-refractivity contribution is 5.73. The number of ether oxygens (including phenoxy) is 2. The van der Waals surface area contributed by atoms with Crippen molar-refractivity contribution in [3.05, 3.63) is 59.7 Å². The number of rotatable bonds is 7. The molecule has 4 heteroatoms. The largest absolute Gasteiger partial charge is 0.494 e. The van der Waals surface area contributed by atoms with E-state index in [1.54, 1.807) is 6.07 Å². The smallest absolute Gasteiger partial charge is 0.345 e. The Kier molecular flexibility index (Phi) is 5.42. The Balaban J connectivity index is 2.09. The van der Waals surface area contributed by atoms with Gasteiger partial charge in [0.1, 0.15) is 11.5 Å². The molecule has 0 radical (unpaired) electrons. The van der Waals surface area contributed by atoms with Gasteiger partial charge in [-0.05, 0) is 43.2 Å². The van der Waals surface area contributed by atoms with E-state index in [4.69, 9.17) is 9.47 Å². The van der Waals surface area contributed by atoms with E-state index in [-0.39, 0.29) is 0 Å². The van der Waals surface area contributed by atoms with Gasteiger partial charge >= 0.3 is 5.97 Å². The molecule has 0 saturated heterocycles. The maximum atomic E-state index is 11.4. The van der Waals surface area contributed by atoms with Crippen LogP contribution in [-0.2, 0) is 11.2 Å². The van der Waals surface area contributed by atoms with Crippen molar-refractivity contribution in [1.29, 1.82) is 0 Å². The van der Waals surface area contributed by atoms with Gasteiger partial charge in [-0.25, -0.2) is 4.79 Å². The summed E-state index contributed by atoms with van der Waals surface area (Å²) in [6.07, 6.45) is -0.616. The van der Waals surface area contributed by atoms with E-state index in [9.17, 15) is 9.90 Å². The molecule has 1 atom stereocenters. The van der Waals surface area contributed by atoms with Crippen LogP contribution in [-0.4, -0.2) is 23.8 Å². The van der Waals surface area contributed by atoms with E-state index in [2.05, 4.69) is 0 Å². The fourth-order valence-corrected chi connectivity index (χ4v) is 2.12. The summed E-state index contributed by atoms with van der Waals surface area (Å²) in [7, 11) is 0. The third-order valence-electron chi connectivity index (χ3n) is 3.29. The second-order valence-electron chi connectivity index (χ2n) is 4.99. The number of aliphatic carboxylic acids is 1. The molecule has 2 rings (SSSR count). The summed E-state index contributed by atoms with van der Waals surface area (Å²) >= 11 is 0. The molecule has 0 saturated carbocycles. The Morgan fingerprint density at radius 2 is 1.82 bits per heavy atom. The molecule has 0 aliphatic carbocycles. The van der Waals surface area contributed by atoms with E-state index >= 15 is 0 Å². The zero-order valence-corrected chi connectivity index (χ0v) is 12.8. The first-order valence-electron chi connectivity index (χ1n) is 7.27. The molecule has 22 heavy (non-hydrogen) atoms. The molecule has 0 heterocycles. The molecule has 0 spiro atoms. The van der Waals surface area contributed by atoms with Crippen molar-refractivity contribution in [2.75, 3.05) is 6.61 Å². The van der Waals surface area contributed by atoms with Crippen LogP contribution in [0.5, 0.6) is 11.5 Å². The Morgan fingerprint density at radius 3 is 2.41 bits per heavy atom. The standard InChI is InChI=1S/C18H20O4/c1-3-21-15-10-8-14(9-11-15)12-17(18(19)20)22-16-7-5-4-6-13(16)2/h4-11,17H,3,12H2,1-2H3,(H,19,20)/t17-/m1/s1. The van der Waals surface area contributed by atoms with E-state index in [1.807, 2.05) is 56.3 Å². The Hall–Kier alpha value is -2.49. The van der Waals surface area contributed by atoms with Gasteiger partial charge in [0.25, 0.3) is 0 Å². The summed E-state index contributed by atoms with van der Waals surface area (Å²) in [5.74, 6) is 0.399. The molecule has 0 unspecified atom stereocenters. The first-order valence-corrected chi connectivity index (χ1v) is 7.27. The number of aryl methyl sites for hydroxylation is 1. The van der Waals surface area contributed by atoms with Crippen molar-refractivity contribution in [2.45, 2.75) is 26.4 Å². The summed E-state index contributed by atoms with van der Waals surface area (Å²) in [5.41, 5.74) is 1.81. The van der Waals surface area contributed by atoms with Crippen LogP contribution in [0.3, 0.4) is 0 Å². The highest BCUT2D eigenvalue weighted by atomic mass is 16.5. The monoisotopic (exact) mass is 300 g/mol. The zero-order valence-electron chi connectivity index (χ0n) is 12.8. The average molecular weight is 300 g/mol. The van der Waals surface area contributed by atoms with Gasteiger partial charge in [-0.2, -0.15) is 0 Å². The Labute approximate surface area is 130 Å². The van der Waals surface area contributed by atoms with Crippen LogP contribution in [0.25, 0.3) is 0 Å². The van der Waals surface area contributed by atoms with E-state index in [0.717, 1.165) is 16.9 Å². The summed E-state index contributed by atoms with van der Waals surface area (Å²) in [5, 5.41) is 9.38. The van der Waals surface area contributed by atoms with E-state index in [1.165, 1.54) is 0 Å². The molecule has 0 bridgehead atoms. The number of carboxylic acid groups (broad SMARTS) is 1. The minimum Gasteiger partial charge on any atom is -0.494 e. The van der Waals surface area contributed by atoms with Crippen LogP contribution < -0.4 is 9.47 Å². The van der Waals surface area contributed by atoms with Gasteiger partial charge in [0.05, 0.1) is 6.61 Å². The molecule has 0 amide bonds. The van der Waals surface area contributed by atoms with Gasteiger partial charge < -0.3 is 14.6 Å². The highest BCUT2D eigenvalue weighted by Gasteiger charge is 2.20. The summed E-state index contributed by atoms with van der Waals surface area (Å²) in [6.45, 7) is 4.42. The van der Waals surface area contributed by atoms with Crippen molar-refractivity contribution in [3.63, 3.8) is 0 Å². The first-order chi connectivity index (χ1) is 10.6. The van der Waals surface area contributed by atoms with E-state index < -0.39 is 12.1 Å². The summed E-state index contributed by atoms with van der Waals surface area (Å²) in [4.78, 5) is 11.4. The van der Waals surface area contributed by atoms with Crippen LogP contribution in [0.15, 0.2) is 48.5 Å². The Morgan fingerprint density at radius 1 is 1.14 bits per heavy atom. The van der Waals surface area contributed by atoms with Crippen LogP contribution in [0.1, 0.15) is 18.1 Å². The lowest BCUT2D eigenvalue weighted by atomic mass is 10.1. The highest BCUT2D eigenvalue weighted by Crippen LogP contribution is 2.20. The van der Waals surface area contributed by atoms with E-state index in [0.29, 0.717) is 18.8 Å². The van der Waals surface area contributed by atoms with Gasteiger partial charge in [0, 0.05) is 6.42 Å². The van der Waals surface area contributed by atoms with Crippen molar-refractivity contribution >= 4 is 5.97 Å². The van der Waals surface area contributed by atoms with Crippen molar-refractivity contribution in [2.24, 2.45) is 0 Å². The van der Waals surface area contributed by atoms with Crippen molar-refractivity contribution in [3.8, 4) is 11.5 Å². The summed E-state index contributed by atoms with van der Waals surface area (Å²) < 4.78 is 11.0. The number of benzene rings is 2. The molecule has 2 aromatic rings. The molecule has 0 aliphatic heterocycles. The summed E-state index contributed by atoms with van der Waals surface area (Å²) in [6, 6.07) is 14.8. The van der Waals surface area contributed by atoms with Crippen LogP contribution in [0.4, 0.5) is 0 Å². The van der Waals surface area contributed by atoms with Gasteiger partial charge in [0.2, 0.25) is 0 Å². The molecular formula is C18H20O4. The number of hydrogen-bond acceptors (Lipinski definition) is 3. The lowest BCUT2D eigenvalue weighted by Crippen LogP contribution is -2.29. The predicted octanol–water partition coefficient (Wildman–Crippen LogP) is 3.47. The van der Waals surface area contributed by atoms with Gasteiger partial charge in [0.15, 0.2) is 6.10 Å². The zero-order chi connectivity index (χ0) is 15.9. The van der Waals surface area contributed by atoms with Gasteiger partial charge in [-0.15, -0.1) is 0 Å². The molecule has 4 nitrogen and oxygen atoms in total. The molecule has 0 aromatic heterocycles.